The molecule has 0 bridgehead atoms. The van der Waals surface area contributed by atoms with Gasteiger partial charge in [-0.05, 0) is 38.5 Å². The van der Waals surface area contributed by atoms with E-state index < -0.39 is 15.0 Å². The van der Waals surface area contributed by atoms with Crippen molar-refractivity contribution < 1.29 is 22.3 Å². The largest absolute Gasteiger partial charge is 0.378 e. The first-order valence-corrected chi connectivity index (χ1v) is 12.3. The van der Waals surface area contributed by atoms with Crippen LogP contribution in [-0.4, -0.2) is 35.9 Å². The molecule has 0 spiro atoms. The minimum atomic E-state index is -4.35. The lowest BCUT2D eigenvalue weighted by molar-refractivity contribution is -0.385. The van der Waals surface area contributed by atoms with Crippen molar-refractivity contribution in [1.29, 1.82) is 0 Å². The van der Waals surface area contributed by atoms with E-state index in [1.165, 1.54) is 43.1 Å². The first-order valence-electron chi connectivity index (χ1n) is 9.99. The molecule has 1 aliphatic heterocycles. The molecule has 10 nitrogen and oxygen atoms in total. The van der Waals surface area contributed by atoms with Crippen molar-refractivity contribution in [2.24, 2.45) is 10.2 Å². The van der Waals surface area contributed by atoms with E-state index in [1.807, 2.05) is 13.8 Å². The maximum absolute atomic E-state index is 12.8. The molecule has 2 aromatic rings. The number of nitro benzene ring substituents is 1. The summed E-state index contributed by atoms with van der Waals surface area (Å²) in [5, 5.41) is 22.0. The summed E-state index contributed by atoms with van der Waals surface area (Å²) in [5.74, 6) is -0.131. The van der Waals surface area contributed by atoms with Crippen LogP contribution < -0.4 is 9.50 Å². The molecule has 0 saturated carbocycles. The van der Waals surface area contributed by atoms with Gasteiger partial charge in [-0.1, -0.05) is 42.8 Å². The number of thioether (sulfide) groups is 1. The zero-order valence-electron chi connectivity index (χ0n) is 18.1. The molecule has 0 unspecified atom stereocenters. The van der Waals surface area contributed by atoms with Crippen LogP contribution in [0.5, 0.6) is 5.75 Å². The molecule has 1 N–H and O–H groups in total. The predicted octanol–water partition coefficient (Wildman–Crippen LogP) is 3.70. The van der Waals surface area contributed by atoms with Crippen LogP contribution in [0.2, 0.25) is 0 Å². The van der Waals surface area contributed by atoms with Crippen LogP contribution in [0, 0.1) is 24.0 Å². The number of nitrogens with one attached hydrogen (secondary N) is 1. The van der Waals surface area contributed by atoms with Crippen LogP contribution in [0.3, 0.4) is 0 Å². The number of rotatable bonds is 8. The third-order valence-corrected chi connectivity index (χ3v) is 7.07. The van der Waals surface area contributed by atoms with Gasteiger partial charge in [-0.25, -0.2) is 0 Å². The van der Waals surface area contributed by atoms with E-state index in [2.05, 4.69) is 15.5 Å². The van der Waals surface area contributed by atoms with Crippen molar-refractivity contribution in [3.05, 3.63) is 63.2 Å². The SMILES string of the molecule is CCC[C@H]1SC(=NN=Cc2cc(C)ccc2OS(=O)(=O)c2ccc(C)c([N+](=O)[O-])c2)NC1=O. The highest BCUT2D eigenvalue weighted by Gasteiger charge is 2.29. The molecule has 0 aliphatic carbocycles. The molecule has 1 aliphatic rings. The molecule has 3 rings (SSSR count). The van der Waals surface area contributed by atoms with Crippen LogP contribution in [0.4, 0.5) is 5.69 Å². The standard InChI is InChI=1S/C21H22N4O6S2/c1-4-5-19-20(26)23-21(32-19)24-22-12-15-10-13(2)6-9-18(15)31-33(29,30)16-8-7-14(3)17(11-16)25(27)28/h6-12,19H,4-5H2,1-3H3,(H,23,24,26)/t19-/m1/s1. The Morgan fingerprint density at radius 1 is 1.24 bits per heavy atom. The van der Waals surface area contributed by atoms with Crippen LogP contribution in [-0.2, 0) is 14.9 Å². The van der Waals surface area contributed by atoms with E-state index in [-0.39, 0.29) is 27.5 Å². The van der Waals surface area contributed by atoms with Crippen LogP contribution in [0.15, 0.2) is 51.5 Å². The Balaban J connectivity index is 1.85. The third-order valence-electron chi connectivity index (χ3n) is 4.70. The molecule has 12 heteroatoms. The van der Waals surface area contributed by atoms with Crippen molar-refractivity contribution >= 4 is 44.9 Å². The third kappa shape index (κ3) is 5.96. The van der Waals surface area contributed by atoms with Gasteiger partial charge in [0.1, 0.15) is 4.90 Å². The molecule has 0 radical (unpaired) electrons. The quantitative estimate of drug-likeness (QED) is 0.257. The predicted molar refractivity (Wildman–Crippen MR) is 126 cm³/mol. The van der Waals surface area contributed by atoms with E-state index in [0.29, 0.717) is 16.3 Å². The second-order valence-corrected chi connectivity index (χ2v) is 10.1. The lowest BCUT2D eigenvalue weighted by Crippen LogP contribution is -2.24. The lowest BCUT2D eigenvalue weighted by atomic mass is 10.1. The number of amidine groups is 1. The van der Waals surface area contributed by atoms with E-state index in [1.54, 1.807) is 12.1 Å². The Bertz CT molecular complexity index is 1260. The van der Waals surface area contributed by atoms with Crippen molar-refractivity contribution in [2.45, 2.75) is 43.8 Å². The van der Waals surface area contributed by atoms with Gasteiger partial charge in [0, 0.05) is 17.2 Å². The summed E-state index contributed by atoms with van der Waals surface area (Å²) in [7, 11) is -4.35. The van der Waals surface area contributed by atoms with Gasteiger partial charge in [0.25, 0.3) is 5.69 Å². The smallest absolute Gasteiger partial charge is 0.339 e. The Hall–Kier alpha value is -3.25. The monoisotopic (exact) mass is 490 g/mol. The summed E-state index contributed by atoms with van der Waals surface area (Å²) < 4.78 is 30.8. The molecule has 1 amide bonds. The van der Waals surface area contributed by atoms with Crippen molar-refractivity contribution in [3.8, 4) is 5.75 Å². The maximum atomic E-state index is 12.8. The number of carbonyl (C=O) groups is 1. The summed E-state index contributed by atoms with van der Waals surface area (Å²) in [6, 6.07) is 8.35. The van der Waals surface area contributed by atoms with Crippen molar-refractivity contribution in [3.63, 3.8) is 0 Å². The number of hydrogen-bond donors (Lipinski definition) is 1. The average Bonchev–Trinajstić information content (AvgIpc) is 3.09. The molecule has 2 aromatic carbocycles. The Labute approximate surface area is 195 Å². The van der Waals surface area contributed by atoms with Gasteiger partial charge in [0.05, 0.1) is 16.4 Å². The lowest BCUT2D eigenvalue weighted by Gasteiger charge is -2.10. The molecule has 174 valence electrons. The molecule has 1 fully saturated rings. The molecule has 1 saturated heterocycles. The average molecular weight is 491 g/mol. The van der Waals surface area contributed by atoms with Crippen LogP contribution in [0.25, 0.3) is 0 Å². The second kappa shape index (κ2) is 10.1. The van der Waals surface area contributed by atoms with Gasteiger partial charge in [0.2, 0.25) is 5.91 Å². The number of nitrogens with zero attached hydrogens (tertiary/aromatic N) is 3. The van der Waals surface area contributed by atoms with Crippen molar-refractivity contribution in [1.82, 2.24) is 5.32 Å². The van der Waals surface area contributed by atoms with Gasteiger partial charge < -0.3 is 9.50 Å². The minimum absolute atomic E-state index is 0.0141. The molecule has 1 heterocycles. The highest BCUT2D eigenvalue weighted by Crippen LogP contribution is 2.27. The number of benzene rings is 2. The fourth-order valence-electron chi connectivity index (χ4n) is 3.00. The number of aryl methyl sites for hydroxylation is 2. The van der Waals surface area contributed by atoms with E-state index in [4.69, 9.17) is 4.18 Å². The van der Waals surface area contributed by atoms with E-state index in [0.717, 1.165) is 24.5 Å². The summed E-state index contributed by atoms with van der Waals surface area (Å²) in [4.78, 5) is 22.1. The minimum Gasteiger partial charge on any atom is -0.378 e. The Morgan fingerprint density at radius 2 is 2.00 bits per heavy atom. The van der Waals surface area contributed by atoms with Gasteiger partial charge in [-0.15, -0.1) is 5.10 Å². The normalized spacial score (nSPS) is 17.5. The summed E-state index contributed by atoms with van der Waals surface area (Å²) in [5.41, 5.74) is 1.17. The number of hydrogen-bond acceptors (Lipinski definition) is 9. The fraction of sp³-hybridized carbons (Fsp3) is 0.286. The Morgan fingerprint density at radius 3 is 2.70 bits per heavy atom. The Kier molecular flexibility index (Phi) is 7.49. The topological polar surface area (TPSA) is 140 Å². The molecule has 33 heavy (non-hydrogen) atoms. The molecular formula is C21H22N4O6S2. The van der Waals surface area contributed by atoms with Gasteiger partial charge >= 0.3 is 10.1 Å². The zero-order chi connectivity index (χ0) is 24.2. The number of carbonyl (C=O) groups excluding carboxylic acids is 1. The van der Waals surface area contributed by atoms with E-state index in [9.17, 15) is 23.3 Å². The maximum Gasteiger partial charge on any atom is 0.339 e. The fourth-order valence-corrected chi connectivity index (χ4v) is 5.02. The summed E-state index contributed by atoms with van der Waals surface area (Å²) >= 11 is 1.29. The number of amides is 1. The first kappa shape index (κ1) is 24.4. The second-order valence-electron chi connectivity index (χ2n) is 7.32. The molecule has 0 aromatic heterocycles. The summed E-state index contributed by atoms with van der Waals surface area (Å²) in [6.07, 6.45) is 2.91. The van der Waals surface area contributed by atoms with E-state index >= 15 is 0 Å². The highest BCUT2D eigenvalue weighted by molar-refractivity contribution is 8.15. The first-order chi connectivity index (χ1) is 15.6. The molecular weight excluding hydrogens is 468 g/mol. The highest BCUT2D eigenvalue weighted by atomic mass is 32.2. The molecule has 1 atom stereocenters. The van der Waals surface area contributed by atoms with Crippen LogP contribution >= 0.6 is 11.8 Å². The van der Waals surface area contributed by atoms with Gasteiger partial charge in [0.15, 0.2) is 10.9 Å². The van der Waals surface area contributed by atoms with Crippen molar-refractivity contribution in [2.75, 3.05) is 0 Å². The van der Waals surface area contributed by atoms with Gasteiger partial charge in [-0.2, -0.15) is 13.5 Å². The summed E-state index contributed by atoms with van der Waals surface area (Å²) in [6.45, 7) is 5.32. The zero-order valence-corrected chi connectivity index (χ0v) is 19.8. The van der Waals surface area contributed by atoms with Crippen LogP contribution in [0.1, 0.15) is 36.5 Å². The van der Waals surface area contributed by atoms with Gasteiger partial charge in [-0.3, -0.25) is 14.9 Å². The number of nitro groups is 1.